The number of para-hydroxylation sites is 1. The van der Waals surface area contributed by atoms with Crippen molar-refractivity contribution in [2.45, 2.75) is 85.7 Å². The van der Waals surface area contributed by atoms with Crippen LogP contribution in [0.4, 0.5) is 0 Å². The molecule has 43 heavy (non-hydrogen) atoms. The van der Waals surface area contributed by atoms with Crippen LogP contribution in [0.5, 0.6) is 5.75 Å². The summed E-state index contributed by atoms with van der Waals surface area (Å²) in [6, 6.07) is 5.92. The van der Waals surface area contributed by atoms with Crippen LogP contribution in [-0.2, 0) is 43.0 Å². The molecule has 0 radical (unpaired) electrons. The van der Waals surface area contributed by atoms with E-state index in [4.69, 9.17) is 18.9 Å². The molecule has 232 valence electrons. The van der Waals surface area contributed by atoms with Gasteiger partial charge in [0.05, 0.1) is 16.5 Å². The predicted molar refractivity (Wildman–Crippen MR) is 153 cm³/mol. The highest BCUT2D eigenvalue weighted by Crippen LogP contribution is 2.52. The SMILES string of the molecule is CC(=O)OC[C@]1(C)S[C@@H]2CC(=O)N2[C@H]1C(=O)OC(C)OC(=O)[C@@H]1N2C(=O)[C@@H](NC(=O)COc3ccccc3)[C@H]2SC1(C)C. The first-order valence-corrected chi connectivity index (χ1v) is 15.5. The molecule has 1 aromatic rings. The summed E-state index contributed by atoms with van der Waals surface area (Å²) in [7, 11) is 0. The number of ether oxygens (including phenoxy) is 4. The van der Waals surface area contributed by atoms with Crippen molar-refractivity contribution >= 4 is 59.2 Å². The molecule has 4 aliphatic rings. The number of β-lactam (4-membered cyclic amide) rings is 2. The highest BCUT2D eigenvalue weighted by Gasteiger charge is 2.65. The summed E-state index contributed by atoms with van der Waals surface area (Å²) in [4.78, 5) is 78.6. The van der Waals surface area contributed by atoms with Crippen molar-refractivity contribution in [3.63, 3.8) is 0 Å². The van der Waals surface area contributed by atoms with E-state index in [1.54, 1.807) is 45.0 Å². The third kappa shape index (κ3) is 5.88. The number of carbonyl (C=O) groups excluding carboxylic acids is 6. The summed E-state index contributed by atoms with van der Waals surface area (Å²) in [6.45, 7) is 7.53. The van der Waals surface area contributed by atoms with E-state index in [0.29, 0.717) is 5.75 Å². The summed E-state index contributed by atoms with van der Waals surface area (Å²) in [6.07, 6.45) is -1.07. The van der Waals surface area contributed by atoms with Crippen LogP contribution in [0.3, 0.4) is 0 Å². The molecule has 0 bridgehead atoms. The Balaban J connectivity index is 1.18. The average Bonchev–Trinajstić information content (AvgIpc) is 3.34. The Kier molecular flexibility index (Phi) is 8.33. The number of nitrogens with zero attached hydrogens (tertiary/aromatic N) is 2. The minimum absolute atomic E-state index is 0.108. The maximum atomic E-state index is 13.3. The summed E-state index contributed by atoms with van der Waals surface area (Å²) in [5, 5.41) is 1.94. The van der Waals surface area contributed by atoms with E-state index in [9.17, 15) is 28.8 Å². The number of benzene rings is 1. The maximum Gasteiger partial charge on any atom is 0.333 e. The number of hydrogen-bond donors (Lipinski definition) is 1. The van der Waals surface area contributed by atoms with Gasteiger partial charge in [0, 0.05) is 18.6 Å². The first-order chi connectivity index (χ1) is 20.2. The Bertz CT molecular complexity index is 1340. The highest BCUT2D eigenvalue weighted by atomic mass is 32.2. The molecule has 4 saturated heterocycles. The largest absolute Gasteiger partial charge is 0.484 e. The van der Waals surface area contributed by atoms with Crippen molar-refractivity contribution < 1.29 is 47.7 Å². The van der Waals surface area contributed by atoms with Crippen LogP contribution >= 0.6 is 23.5 Å². The molecule has 13 nitrogen and oxygen atoms in total. The van der Waals surface area contributed by atoms with Gasteiger partial charge in [-0.05, 0) is 32.9 Å². The molecule has 4 fully saturated rings. The fourth-order valence-corrected chi connectivity index (χ4v) is 8.97. The zero-order valence-corrected chi connectivity index (χ0v) is 25.9. The van der Waals surface area contributed by atoms with Gasteiger partial charge in [-0.1, -0.05) is 18.2 Å². The van der Waals surface area contributed by atoms with Gasteiger partial charge in [-0.3, -0.25) is 19.2 Å². The first kappa shape index (κ1) is 31.0. The molecule has 0 saturated carbocycles. The van der Waals surface area contributed by atoms with Crippen molar-refractivity contribution in [2.75, 3.05) is 13.2 Å². The summed E-state index contributed by atoms with van der Waals surface area (Å²) >= 11 is 2.71. The molecule has 1 aromatic carbocycles. The fourth-order valence-electron chi connectivity index (χ4n) is 5.69. The molecule has 3 amide bonds. The van der Waals surface area contributed by atoms with Crippen LogP contribution in [0.15, 0.2) is 30.3 Å². The van der Waals surface area contributed by atoms with Gasteiger partial charge in [0.2, 0.25) is 18.1 Å². The number of rotatable bonds is 10. The maximum absolute atomic E-state index is 13.3. The van der Waals surface area contributed by atoms with E-state index >= 15 is 0 Å². The Hall–Kier alpha value is -3.46. The number of thioether (sulfide) groups is 2. The lowest BCUT2D eigenvalue weighted by Crippen LogP contribution is -2.71. The second-order valence-corrected chi connectivity index (χ2v) is 14.9. The van der Waals surface area contributed by atoms with E-state index in [0.717, 1.165) is 0 Å². The topological polar surface area (TPSA) is 158 Å². The van der Waals surface area contributed by atoms with Crippen molar-refractivity contribution in [3.05, 3.63) is 30.3 Å². The molecule has 0 spiro atoms. The Morgan fingerprint density at radius 3 is 2.28 bits per heavy atom. The monoisotopic (exact) mass is 635 g/mol. The lowest BCUT2D eigenvalue weighted by Gasteiger charge is -2.44. The summed E-state index contributed by atoms with van der Waals surface area (Å²) < 4.78 is 19.9. The number of hydrogen-bond acceptors (Lipinski definition) is 12. The number of esters is 3. The molecule has 4 aliphatic heterocycles. The molecule has 7 atom stereocenters. The molecule has 0 aromatic heterocycles. The highest BCUT2D eigenvalue weighted by molar-refractivity contribution is 8.02. The minimum atomic E-state index is -1.33. The second kappa shape index (κ2) is 11.6. The van der Waals surface area contributed by atoms with Crippen LogP contribution in [0.2, 0.25) is 0 Å². The van der Waals surface area contributed by atoms with E-state index in [-0.39, 0.29) is 30.9 Å². The van der Waals surface area contributed by atoms with Crippen LogP contribution in [0.25, 0.3) is 0 Å². The zero-order chi connectivity index (χ0) is 31.3. The molecule has 1 unspecified atom stereocenters. The first-order valence-electron chi connectivity index (χ1n) is 13.7. The molecule has 15 heteroatoms. The van der Waals surface area contributed by atoms with E-state index in [1.165, 1.54) is 47.2 Å². The lowest BCUT2D eigenvalue weighted by molar-refractivity contribution is -0.196. The standard InChI is InChI=1S/C28H33N3O10S2/c1-14(32)39-13-28(5)22(30-18(34)11-19(30)42-28)26(37)41-15(2)40-25(36)21-27(3,4)43-24-20(23(35)31(21)24)29-17(33)12-38-16-9-7-6-8-10-16/h6-10,15,19-22,24H,11-13H2,1-5H3,(H,29,33)/t15?,19-,20-,21+,22+,24-,28+/m1/s1. The molecule has 4 heterocycles. The van der Waals surface area contributed by atoms with Crippen molar-refractivity contribution in [1.29, 1.82) is 0 Å². The number of nitrogens with one attached hydrogen (secondary N) is 1. The van der Waals surface area contributed by atoms with Crippen LogP contribution < -0.4 is 10.1 Å². The lowest BCUT2D eigenvalue weighted by atomic mass is 9.96. The number of amides is 3. The van der Waals surface area contributed by atoms with Gasteiger partial charge in [0.25, 0.3) is 5.91 Å². The van der Waals surface area contributed by atoms with Gasteiger partial charge in [0.1, 0.15) is 35.9 Å². The van der Waals surface area contributed by atoms with Gasteiger partial charge in [-0.15, -0.1) is 23.5 Å². The van der Waals surface area contributed by atoms with Crippen molar-refractivity contribution in [2.24, 2.45) is 0 Å². The number of fused-ring (bicyclic) bond motifs is 2. The molecule has 1 N–H and O–H groups in total. The zero-order valence-electron chi connectivity index (χ0n) is 24.3. The summed E-state index contributed by atoms with van der Waals surface area (Å²) in [5.74, 6) is -2.70. The van der Waals surface area contributed by atoms with Gasteiger partial charge < -0.3 is 34.1 Å². The van der Waals surface area contributed by atoms with E-state index in [2.05, 4.69) is 5.32 Å². The second-order valence-electron chi connectivity index (χ2n) is 11.4. The van der Waals surface area contributed by atoms with Gasteiger partial charge in [-0.25, -0.2) is 9.59 Å². The predicted octanol–water partition coefficient (Wildman–Crippen LogP) is 1.04. The average molecular weight is 636 g/mol. The third-order valence-electron chi connectivity index (χ3n) is 7.65. The van der Waals surface area contributed by atoms with Crippen molar-refractivity contribution in [3.8, 4) is 5.75 Å². The van der Waals surface area contributed by atoms with Gasteiger partial charge >= 0.3 is 17.9 Å². The molecule has 0 aliphatic carbocycles. The van der Waals surface area contributed by atoms with E-state index in [1.807, 2.05) is 6.07 Å². The minimum Gasteiger partial charge on any atom is -0.484 e. The van der Waals surface area contributed by atoms with E-state index < -0.39 is 69.0 Å². The molecule has 5 rings (SSSR count). The normalized spacial score (nSPS) is 30.7. The van der Waals surface area contributed by atoms with Crippen LogP contribution in [0, 0.1) is 0 Å². The number of carbonyl (C=O) groups is 6. The molecular formula is C28H33N3O10S2. The third-order valence-corrected chi connectivity index (χ3v) is 10.8. The van der Waals surface area contributed by atoms with Crippen LogP contribution in [-0.4, -0.2) is 103 Å². The Labute approximate surface area is 256 Å². The molecular weight excluding hydrogens is 602 g/mol. The smallest absolute Gasteiger partial charge is 0.333 e. The Morgan fingerprint density at radius 1 is 1.00 bits per heavy atom. The van der Waals surface area contributed by atoms with Gasteiger partial charge in [-0.2, -0.15) is 0 Å². The fraction of sp³-hybridized carbons (Fsp3) is 0.571. The van der Waals surface area contributed by atoms with Crippen molar-refractivity contribution in [1.82, 2.24) is 15.1 Å². The summed E-state index contributed by atoms with van der Waals surface area (Å²) in [5.41, 5.74) is 0. The van der Waals surface area contributed by atoms with Gasteiger partial charge in [0.15, 0.2) is 6.61 Å². The van der Waals surface area contributed by atoms with Crippen LogP contribution in [0.1, 0.15) is 41.0 Å². The Morgan fingerprint density at radius 2 is 1.65 bits per heavy atom. The quantitative estimate of drug-likeness (QED) is 0.222.